The second-order valence-corrected chi connectivity index (χ2v) is 9.64. The molecule has 0 spiro atoms. The number of carbonyl (C=O) groups excluding carboxylic acids is 1. The van der Waals surface area contributed by atoms with Crippen molar-refractivity contribution in [2.75, 3.05) is 18.4 Å². The van der Waals surface area contributed by atoms with Gasteiger partial charge in [0.05, 0.1) is 4.90 Å². The van der Waals surface area contributed by atoms with Crippen LogP contribution in [0.3, 0.4) is 0 Å². The van der Waals surface area contributed by atoms with Crippen molar-refractivity contribution >= 4 is 32.4 Å². The van der Waals surface area contributed by atoms with Crippen LogP contribution in [0.15, 0.2) is 59.5 Å². The van der Waals surface area contributed by atoms with Crippen LogP contribution in [0.4, 0.5) is 5.69 Å². The Morgan fingerprint density at radius 3 is 2.28 bits per heavy atom. The Labute approximate surface area is 170 Å². The lowest BCUT2D eigenvalue weighted by atomic mass is 10.0. The van der Waals surface area contributed by atoms with Crippen LogP contribution in [0, 0.1) is 0 Å². The van der Waals surface area contributed by atoms with E-state index in [9.17, 15) is 13.2 Å². The average Bonchev–Trinajstić information content (AvgIpc) is 3.42. The first-order chi connectivity index (χ1) is 14.0. The molecule has 6 heteroatoms. The van der Waals surface area contributed by atoms with E-state index in [-0.39, 0.29) is 10.8 Å². The first kappa shape index (κ1) is 18.3. The van der Waals surface area contributed by atoms with Crippen LogP contribution in [0.2, 0.25) is 0 Å². The van der Waals surface area contributed by atoms with Crippen LogP contribution < -0.4 is 5.32 Å². The Bertz CT molecular complexity index is 1200. The highest BCUT2D eigenvalue weighted by atomic mass is 32.2. The molecule has 1 fully saturated rings. The van der Waals surface area contributed by atoms with Gasteiger partial charge in [0.1, 0.15) is 0 Å². The third-order valence-corrected chi connectivity index (χ3v) is 7.86. The molecule has 1 amide bonds. The Balaban J connectivity index is 1.40. The van der Waals surface area contributed by atoms with E-state index in [1.807, 2.05) is 18.2 Å². The topological polar surface area (TPSA) is 66.5 Å². The minimum Gasteiger partial charge on any atom is -0.321 e. The summed E-state index contributed by atoms with van der Waals surface area (Å²) >= 11 is 0. The minimum absolute atomic E-state index is 0.237. The number of amides is 1. The van der Waals surface area contributed by atoms with E-state index in [4.69, 9.17) is 0 Å². The molecule has 0 aromatic heterocycles. The summed E-state index contributed by atoms with van der Waals surface area (Å²) in [6.07, 6.45) is 3.87. The molecule has 0 radical (unpaired) electrons. The van der Waals surface area contributed by atoms with Crippen molar-refractivity contribution in [3.05, 3.63) is 71.3 Å². The Hall–Kier alpha value is -2.70. The summed E-state index contributed by atoms with van der Waals surface area (Å²) in [7, 11) is -3.47. The van der Waals surface area contributed by atoms with E-state index in [1.165, 1.54) is 33.0 Å². The van der Waals surface area contributed by atoms with Crippen LogP contribution in [0.5, 0.6) is 0 Å². The van der Waals surface area contributed by atoms with Gasteiger partial charge >= 0.3 is 0 Å². The normalized spacial score (nSPS) is 16.4. The van der Waals surface area contributed by atoms with Gasteiger partial charge in [-0.3, -0.25) is 4.79 Å². The number of hydrogen-bond acceptors (Lipinski definition) is 3. The molecule has 5 nitrogen and oxygen atoms in total. The van der Waals surface area contributed by atoms with Crippen LogP contribution in [0.25, 0.3) is 10.8 Å². The maximum Gasteiger partial charge on any atom is 0.255 e. The number of aryl methyl sites for hydroxylation is 2. The summed E-state index contributed by atoms with van der Waals surface area (Å²) in [6.45, 7) is 1.13. The fourth-order valence-electron chi connectivity index (χ4n) is 4.41. The quantitative estimate of drug-likeness (QED) is 0.713. The minimum atomic E-state index is -3.47. The zero-order valence-corrected chi connectivity index (χ0v) is 16.8. The average molecular weight is 407 g/mol. The van der Waals surface area contributed by atoms with Crippen LogP contribution in [-0.2, 0) is 22.9 Å². The van der Waals surface area contributed by atoms with Crippen LogP contribution >= 0.6 is 0 Å². The molecule has 0 saturated carbocycles. The predicted octanol–water partition coefficient (Wildman–Crippen LogP) is 3.98. The Morgan fingerprint density at radius 1 is 0.862 bits per heavy atom. The van der Waals surface area contributed by atoms with Crippen molar-refractivity contribution in [2.45, 2.75) is 30.6 Å². The molecule has 0 atom stereocenters. The fourth-order valence-corrected chi connectivity index (χ4v) is 5.92. The molecule has 1 saturated heterocycles. The van der Waals surface area contributed by atoms with Crippen molar-refractivity contribution in [2.24, 2.45) is 0 Å². The molecule has 2 aliphatic rings. The number of sulfonamides is 1. The first-order valence-corrected chi connectivity index (χ1v) is 11.4. The summed E-state index contributed by atoms with van der Waals surface area (Å²) in [5.41, 5.74) is 3.87. The molecule has 3 aromatic rings. The summed E-state index contributed by atoms with van der Waals surface area (Å²) in [5, 5.41) is 5.30. The molecular weight excluding hydrogens is 384 g/mol. The fraction of sp³-hybridized carbons (Fsp3) is 0.261. The lowest BCUT2D eigenvalue weighted by Crippen LogP contribution is -2.27. The third kappa shape index (κ3) is 3.12. The van der Waals surface area contributed by atoms with Gasteiger partial charge in [-0.2, -0.15) is 4.31 Å². The van der Waals surface area contributed by atoms with Gasteiger partial charge in [0.15, 0.2) is 0 Å². The van der Waals surface area contributed by atoms with Crippen molar-refractivity contribution in [3.63, 3.8) is 0 Å². The van der Waals surface area contributed by atoms with Gasteiger partial charge in [0.2, 0.25) is 10.0 Å². The highest BCUT2D eigenvalue weighted by molar-refractivity contribution is 7.89. The van der Waals surface area contributed by atoms with E-state index in [0.717, 1.165) is 36.8 Å². The largest absolute Gasteiger partial charge is 0.321 e. The predicted molar refractivity (Wildman–Crippen MR) is 114 cm³/mol. The molecule has 29 heavy (non-hydrogen) atoms. The number of rotatable bonds is 4. The summed E-state index contributed by atoms with van der Waals surface area (Å²) in [5.74, 6) is -0.242. The zero-order chi connectivity index (χ0) is 20.0. The molecule has 5 rings (SSSR count). The van der Waals surface area contributed by atoms with Gasteiger partial charge in [-0.1, -0.05) is 24.3 Å². The summed E-state index contributed by atoms with van der Waals surface area (Å²) in [4.78, 5) is 13.0. The molecular formula is C23H22N2O3S. The molecule has 1 aliphatic carbocycles. The smallest absolute Gasteiger partial charge is 0.255 e. The van der Waals surface area contributed by atoms with Gasteiger partial charge in [-0.25, -0.2) is 8.42 Å². The van der Waals surface area contributed by atoms with Crippen LogP contribution in [0.1, 0.15) is 34.3 Å². The Kier molecular flexibility index (Phi) is 4.41. The third-order valence-electron chi connectivity index (χ3n) is 5.94. The second kappa shape index (κ2) is 6.97. The molecule has 0 unspecified atom stereocenters. The number of benzene rings is 3. The summed E-state index contributed by atoms with van der Waals surface area (Å²) < 4.78 is 26.8. The first-order valence-electron chi connectivity index (χ1n) is 9.99. The number of nitrogens with zero attached hydrogens (tertiary/aromatic N) is 1. The number of anilines is 1. The zero-order valence-electron chi connectivity index (χ0n) is 16.0. The van der Waals surface area contributed by atoms with E-state index < -0.39 is 10.0 Å². The molecule has 1 heterocycles. The van der Waals surface area contributed by atoms with Crippen molar-refractivity contribution in [1.29, 1.82) is 0 Å². The monoisotopic (exact) mass is 406 g/mol. The molecule has 148 valence electrons. The number of nitrogens with one attached hydrogen (secondary N) is 1. The summed E-state index contributed by atoms with van der Waals surface area (Å²) in [6, 6.07) is 16.5. The van der Waals surface area contributed by atoms with Crippen LogP contribution in [-0.4, -0.2) is 31.7 Å². The van der Waals surface area contributed by atoms with E-state index in [1.54, 1.807) is 12.1 Å². The van der Waals surface area contributed by atoms with E-state index in [0.29, 0.717) is 18.7 Å². The van der Waals surface area contributed by atoms with E-state index >= 15 is 0 Å². The maximum atomic E-state index is 12.8. The van der Waals surface area contributed by atoms with Crippen molar-refractivity contribution in [3.8, 4) is 0 Å². The van der Waals surface area contributed by atoms with E-state index in [2.05, 4.69) is 17.4 Å². The molecule has 0 bridgehead atoms. The standard InChI is InChI=1S/C23H22N2O3S/c26-23(18-8-11-19(12-9-18)29(27,28)25-14-1-2-15-25)24-21-13-10-17-7-6-16-4-3-5-20(21)22(16)17/h3-5,8-13H,1-2,6-7,14-15H2,(H,24,26). The van der Waals surface area contributed by atoms with Gasteiger partial charge in [-0.05, 0) is 72.5 Å². The van der Waals surface area contributed by atoms with Crippen molar-refractivity contribution < 1.29 is 13.2 Å². The lowest BCUT2D eigenvalue weighted by molar-refractivity contribution is 0.102. The maximum absolute atomic E-state index is 12.8. The highest BCUT2D eigenvalue weighted by Crippen LogP contribution is 2.35. The SMILES string of the molecule is O=C(Nc1ccc2c3c(cccc13)CC2)c1ccc(S(=O)(=O)N2CCCC2)cc1. The van der Waals surface area contributed by atoms with Gasteiger partial charge in [-0.15, -0.1) is 0 Å². The second-order valence-electron chi connectivity index (χ2n) is 7.70. The van der Waals surface area contributed by atoms with Gasteiger partial charge < -0.3 is 5.32 Å². The lowest BCUT2D eigenvalue weighted by Gasteiger charge is -2.15. The molecule has 1 aliphatic heterocycles. The highest BCUT2D eigenvalue weighted by Gasteiger charge is 2.27. The number of hydrogen-bond donors (Lipinski definition) is 1. The molecule has 1 N–H and O–H groups in total. The Morgan fingerprint density at radius 2 is 1.55 bits per heavy atom. The van der Waals surface area contributed by atoms with Gasteiger partial charge in [0.25, 0.3) is 5.91 Å². The number of carbonyl (C=O) groups is 1. The molecule has 3 aromatic carbocycles. The van der Waals surface area contributed by atoms with Gasteiger partial charge in [0, 0.05) is 29.7 Å². The van der Waals surface area contributed by atoms with Crippen molar-refractivity contribution in [1.82, 2.24) is 4.31 Å².